The lowest BCUT2D eigenvalue weighted by Gasteiger charge is -2.11. The lowest BCUT2D eigenvalue weighted by atomic mass is 10.2. The van der Waals surface area contributed by atoms with Gasteiger partial charge in [-0.3, -0.25) is 9.69 Å². The third-order valence-corrected chi connectivity index (χ3v) is 6.76. The first-order valence-electron chi connectivity index (χ1n) is 9.83. The molecule has 0 N–H and O–H groups in total. The smallest absolute Gasteiger partial charge is 0.267 e. The van der Waals surface area contributed by atoms with Crippen molar-refractivity contribution >= 4 is 57.0 Å². The Morgan fingerprint density at radius 2 is 2.00 bits per heavy atom. The van der Waals surface area contributed by atoms with Crippen LogP contribution in [0.5, 0.6) is 5.75 Å². The van der Waals surface area contributed by atoms with Crippen molar-refractivity contribution in [2.24, 2.45) is 4.99 Å². The minimum atomic E-state index is -0.0963. The van der Waals surface area contributed by atoms with Gasteiger partial charge in [0, 0.05) is 22.5 Å². The van der Waals surface area contributed by atoms with E-state index in [-0.39, 0.29) is 5.91 Å². The molecule has 2 aromatic carbocycles. The van der Waals surface area contributed by atoms with Crippen LogP contribution in [0.25, 0.3) is 6.08 Å². The average molecular weight is 482 g/mol. The van der Waals surface area contributed by atoms with Crippen LogP contribution in [0.1, 0.15) is 16.8 Å². The van der Waals surface area contributed by atoms with Crippen LogP contribution in [-0.2, 0) is 11.4 Å². The van der Waals surface area contributed by atoms with Gasteiger partial charge in [0.25, 0.3) is 5.91 Å². The molecule has 1 aromatic heterocycles. The zero-order valence-electron chi connectivity index (χ0n) is 17.3. The molecule has 8 heteroatoms. The molecule has 5 nitrogen and oxygen atoms in total. The summed E-state index contributed by atoms with van der Waals surface area (Å²) in [4.78, 5) is 24.1. The molecule has 0 aliphatic carbocycles. The van der Waals surface area contributed by atoms with Gasteiger partial charge in [-0.2, -0.15) is 4.99 Å². The monoisotopic (exact) mass is 481 g/mol. The van der Waals surface area contributed by atoms with Crippen LogP contribution >= 0.6 is 34.7 Å². The fourth-order valence-corrected chi connectivity index (χ4v) is 4.85. The number of hydrogen-bond donors (Lipinski definition) is 0. The Kier molecular flexibility index (Phi) is 7.09. The van der Waals surface area contributed by atoms with Gasteiger partial charge < -0.3 is 4.74 Å². The molecule has 0 atom stereocenters. The quantitative estimate of drug-likeness (QED) is 0.286. The zero-order valence-corrected chi connectivity index (χ0v) is 19.7. The highest BCUT2D eigenvalue weighted by Crippen LogP contribution is 2.35. The summed E-state index contributed by atoms with van der Waals surface area (Å²) in [5.41, 5.74) is 2.74. The number of aliphatic imine (C=N–C) groups is 1. The molecule has 1 amide bonds. The van der Waals surface area contributed by atoms with Crippen molar-refractivity contribution in [3.05, 3.63) is 93.3 Å². The standard InChI is InChI=1S/C24H20ClN3O2S2/c1-3-12-28-22(29)21(32-24(28)27-23-26-16(2)15-31-23)13-17-8-10-19(11-9-17)30-14-18-6-4-5-7-20(18)25/h3-11,13,15H,1,12,14H2,2H3/b21-13-,27-24+. The van der Waals surface area contributed by atoms with E-state index in [4.69, 9.17) is 16.3 Å². The number of amidine groups is 1. The molecular formula is C24H20ClN3O2S2. The van der Waals surface area contributed by atoms with Crippen molar-refractivity contribution in [2.45, 2.75) is 13.5 Å². The fraction of sp³-hybridized carbons (Fsp3) is 0.125. The van der Waals surface area contributed by atoms with Gasteiger partial charge in [0.2, 0.25) is 5.13 Å². The highest BCUT2D eigenvalue weighted by molar-refractivity contribution is 8.18. The summed E-state index contributed by atoms with van der Waals surface area (Å²) in [5, 5.41) is 3.86. The average Bonchev–Trinajstić information content (AvgIpc) is 3.32. The molecule has 162 valence electrons. The summed E-state index contributed by atoms with van der Waals surface area (Å²) in [6.45, 7) is 6.45. The van der Waals surface area contributed by atoms with Crippen LogP contribution < -0.4 is 4.74 Å². The Labute approximate surface area is 200 Å². The second-order valence-electron chi connectivity index (χ2n) is 6.93. The number of carbonyl (C=O) groups excluding carboxylic acids is 1. The van der Waals surface area contributed by atoms with Crippen molar-refractivity contribution in [1.29, 1.82) is 0 Å². The van der Waals surface area contributed by atoms with Crippen LogP contribution in [0.3, 0.4) is 0 Å². The van der Waals surface area contributed by atoms with Crippen LogP contribution in [0, 0.1) is 6.92 Å². The minimum Gasteiger partial charge on any atom is -0.489 e. The first-order chi connectivity index (χ1) is 15.5. The Morgan fingerprint density at radius 3 is 2.69 bits per heavy atom. The number of thiazole rings is 1. The molecule has 4 rings (SSSR count). The zero-order chi connectivity index (χ0) is 22.5. The fourth-order valence-electron chi connectivity index (χ4n) is 2.94. The Hall–Kier alpha value is -2.87. The molecular weight excluding hydrogens is 462 g/mol. The van der Waals surface area contributed by atoms with E-state index >= 15 is 0 Å². The molecule has 0 unspecified atom stereocenters. The topological polar surface area (TPSA) is 54.8 Å². The van der Waals surface area contributed by atoms with E-state index in [9.17, 15) is 4.79 Å². The molecule has 1 aliphatic heterocycles. The van der Waals surface area contributed by atoms with E-state index in [1.807, 2.05) is 66.9 Å². The summed E-state index contributed by atoms with van der Waals surface area (Å²) >= 11 is 8.97. The number of aromatic nitrogens is 1. The van der Waals surface area contributed by atoms with Crippen molar-refractivity contribution in [3.8, 4) is 5.75 Å². The molecule has 0 bridgehead atoms. The highest BCUT2D eigenvalue weighted by Gasteiger charge is 2.32. The summed E-state index contributed by atoms with van der Waals surface area (Å²) in [6, 6.07) is 15.2. The Bertz CT molecular complexity index is 1200. The van der Waals surface area contributed by atoms with Gasteiger partial charge in [-0.25, -0.2) is 4.98 Å². The van der Waals surface area contributed by atoms with E-state index in [0.717, 1.165) is 22.6 Å². The van der Waals surface area contributed by atoms with Gasteiger partial charge in [-0.15, -0.1) is 17.9 Å². The number of benzene rings is 2. The number of thioether (sulfide) groups is 1. The molecule has 0 spiro atoms. The third-order valence-electron chi connectivity index (χ3n) is 4.53. The van der Waals surface area contributed by atoms with Crippen molar-refractivity contribution in [2.75, 3.05) is 6.54 Å². The van der Waals surface area contributed by atoms with E-state index in [1.165, 1.54) is 23.1 Å². The van der Waals surface area contributed by atoms with Crippen molar-refractivity contribution in [1.82, 2.24) is 9.88 Å². The van der Waals surface area contributed by atoms with Gasteiger partial charge in [0.05, 0.1) is 10.6 Å². The number of nitrogens with zero attached hydrogens (tertiary/aromatic N) is 3. The van der Waals surface area contributed by atoms with Crippen molar-refractivity contribution < 1.29 is 9.53 Å². The normalized spacial score (nSPS) is 16.2. The second-order valence-corrected chi connectivity index (χ2v) is 9.18. The largest absolute Gasteiger partial charge is 0.489 e. The number of aryl methyl sites for hydroxylation is 1. The van der Waals surface area contributed by atoms with Crippen LogP contribution in [0.4, 0.5) is 5.13 Å². The van der Waals surface area contributed by atoms with Gasteiger partial charge >= 0.3 is 0 Å². The van der Waals surface area contributed by atoms with Gasteiger partial charge in [0.15, 0.2) is 5.17 Å². The van der Waals surface area contributed by atoms with E-state index in [1.54, 1.807) is 11.0 Å². The maximum atomic E-state index is 12.9. The number of hydrogen-bond acceptors (Lipinski definition) is 6. The number of ether oxygens (including phenoxy) is 1. The highest BCUT2D eigenvalue weighted by atomic mass is 35.5. The first-order valence-corrected chi connectivity index (χ1v) is 11.9. The summed E-state index contributed by atoms with van der Waals surface area (Å²) in [6.07, 6.45) is 3.55. The van der Waals surface area contributed by atoms with E-state index in [2.05, 4.69) is 16.6 Å². The minimum absolute atomic E-state index is 0.0963. The summed E-state index contributed by atoms with van der Waals surface area (Å²) in [5.74, 6) is 0.633. The predicted molar refractivity (Wildman–Crippen MR) is 134 cm³/mol. The van der Waals surface area contributed by atoms with Crippen LogP contribution in [0.15, 0.2) is 76.5 Å². The second kappa shape index (κ2) is 10.2. The summed E-state index contributed by atoms with van der Waals surface area (Å²) in [7, 11) is 0. The molecule has 2 heterocycles. The maximum absolute atomic E-state index is 12.9. The van der Waals surface area contributed by atoms with E-state index < -0.39 is 0 Å². The SMILES string of the molecule is C=CCN1C(=O)/C(=C/c2ccc(OCc3ccccc3Cl)cc2)S/C1=N/c1nc(C)cs1. The van der Waals surface area contributed by atoms with E-state index in [0.29, 0.717) is 33.4 Å². The summed E-state index contributed by atoms with van der Waals surface area (Å²) < 4.78 is 5.83. The predicted octanol–water partition coefficient (Wildman–Crippen LogP) is 6.47. The van der Waals surface area contributed by atoms with Gasteiger partial charge in [0.1, 0.15) is 12.4 Å². The molecule has 3 aromatic rings. The lowest BCUT2D eigenvalue weighted by molar-refractivity contribution is -0.121. The van der Waals surface area contributed by atoms with Crippen molar-refractivity contribution in [3.63, 3.8) is 0 Å². The Morgan fingerprint density at radius 1 is 1.22 bits per heavy atom. The molecule has 1 saturated heterocycles. The number of carbonyl (C=O) groups is 1. The first kappa shape index (κ1) is 22.3. The molecule has 0 saturated carbocycles. The van der Waals surface area contributed by atoms with Crippen LogP contribution in [0.2, 0.25) is 5.02 Å². The third kappa shape index (κ3) is 5.30. The maximum Gasteiger partial charge on any atom is 0.267 e. The Balaban J connectivity index is 1.49. The van der Waals surface area contributed by atoms with Crippen LogP contribution in [-0.4, -0.2) is 27.5 Å². The molecule has 32 heavy (non-hydrogen) atoms. The van der Waals surface area contributed by atoms with Gasteiger partial charge in [-0.05, 0) is 48.5 Å². The number of rotatable bonds is 7. The van der Waals surface area contributed by atoms with Gasteiger partial charge in [-0.1, -0.05) is 48.0 Å². The molecule has 1 fully saturated rings. The molecule has 1 aliphatic rings. The number of halogens is 1. The molecule has 0 radical (unpaired) electrons. The number of amides is 1. The lowest BCUT2D eigenvalue weighted by Crippen LogP contribution is -2.29.